The van der Waals surface area contributed by atoms with E-state index in [4.69, 9.17) is 9.92 Å². The van der Waals surface area contributed by atoms with Crippen molar-refractivity contribution < 1.29 is 4.18 Å². The Morgan fingerprint density at radius 3 is 1.77 bits per heavy atom. The minimum atomic E-state index is 0.525. The lowest BCUT2D eigenvalue weighted by atomic mass is 10.0. The highest BCUT2D eigenvalue weighted by Crippen LogP contribution is 2.37. The van der Waals surface area contributed by atoms with Gasteiger partial charge in [0.25, 0.3) is 0 Å². The molecule has 0 aliphatic heterocycles. The zero-order valence-electron chi connectivity index (χ0n) is 16.9. The molecule has 0 aromatic heterocycles. The molecule has 0 spiro atoms. The minimum Gasteiger partial charge on any atom is -0.429 e. The Kier molecular flexibility index (Phi) is 5.24. The van der Waals surface area contributed by atoms with E-state index in [-0.39, 0.29) is 0 Å². The quantitative estimate of drug-likeness (QED) is 0.179. The van der Waals surface area contributed by atoms with Crippen molar-refractivity contribution in [2.75, 3.05) is 4.90 Å². The third-order valence-corrected chi connectivity index (χ3v) is 5.79. The summed E-state index contributed by atoms with van der Waals surface area (Å²) in [7, 11) is 0. The molecule has 0 aliphatic rings. The summed E-state index contributed by atoms with van der Waals surface area (Å²) in [6.07, 6.45) is 0. The Balaban J connectivity index is 1.66. The summed E-state index contributed by atoms with van der Waals surface area (Å²) in [6.45, 7) is 0.525. The number of rotatable bonds is 5. The average molecular weight is 423 g/mol. The molecule has 0 aliphatic carbocycles. The first-order chi connectivity index (χ1) is 15.2. The van der Waals surface area contributed by atoms with E-state index in [1.165, 1.54) is 21.5 Å². The standard InChI is InChI=1S/C27H22N2OS/c28-18-19-5-8-24(9-6-19)29(25-11-13-27(30-31)14-12-25)26-10-7-22-15-20-3-1-2-4-21(20)16-23(22)17-26/h1-17,31H,18,28H2. The molecular formula is C27H22N2OS. The summed E-state index contributed by atoms with van der Waals surface area (Å²) < 4.78 is 5.05. The van der Waals surface area contributed by atoms with E-state index in [0.29, 0.717) is 12.3 Å². The van der Waals surface area contributed by atoms with Gasteiger partial charge in [-0.15, -0.1) is 0 Å². The highest BCUT2D eigenvalue weighted by atomic mass is 32.1. The maximum Gasteiger partial charge on any atom is 0.137 e. The lowest BCUT2D eigenvalue weighted by Gasteiger charge is -2.26. The lowest BCUT2D eigenvalue weighted by molar-refractivity contribution is 0.659. The summed E-state index contributed by atoms with van der Waals surface area (Å²) in [4.78, 5) is 2.23. The molecule has 0 radical (unpaired) electrons. The Morgan fingerprint density at radius 1 is 0.613 bits per heavy atom. The van der Waals surface area contributed by atoms with Crippen LogP contribution in [0.3, 0.4) is 0 Å². The summed E-state index contributed by atoms with van der Waals surface area (Å²) in [5, 5.41) is 4.91. The summed E-state index contributed by atoms with van der Waals surface area (Å²) >= 11 is 3.90. The average Bonchev–Trinajstić information content (AvgIpc) is 2.83. The molecule has 0 amide bonds. The van der Waals surface area contributed by atoms with Gasteiger partial charge in [-0.2, -0.15) is 0 Å². The smallest absolute Gasteiger partial charge is 0.137 e. The number of nitrogens with two attached hydrogens (primary N) is 1. The second-order valence-electron chi connectivity index (χ2n) is 7.52. The highest BCUT2D eigenvalue weighted by molar-refractivity contribution is 7.75. The van der Waals surface area contributed by atoms with Crippen molar-refractivity contribution in [1.29, 1.82) is 0 Å². The number of hydrogen-bond acceptors (Lipinski definition) is 4. The molecule has 31 heavy (non-hydrogen) atoms. The Labute approximate surface area is 187 Å². The fourth-order valence-electron chi connectivity index (χ4n) is 3.95. The number of thiol groups is 1. The number of nitrogens with zero attached hydrogens (tertiary/aromatic N) is 1. The first kappa shape index (κ1) is 19.5. The van der Waals surface area contributed by atoms with Crippen LogP contribution in [0.15, 0.2) is 103 Å². The summed E-state index contributed by atoms with van der Waals surface area (Å²) in [5.74, 6) is 0.704. The molecule has 5 aromatic carbocycles. The molecule has 0 heterocycles. The van der Waals surface area contributed by atoms with E-state index in [9.17, 15) is 0 Å². The van der Waals surface area contributed by atoms with E-state index in [1.807, 2.05) is 24.3 Å². The SMILES string of the molecule is NCc1ccc(N(c2ccc(OS)cc2)c2ccc3cc4ccccc4cc3c2)cc1. The van der Waals surface area contributed by atoms with Gasteiger partial charge in [0.15, 0.2) is 0 Å². The van der Waals surface area contributed by atoms with Crippen molar-refractivity contribution in [3.63, 3.8) is 0 Å². The van der Waals surface area contributed by atoms with Gasteiger partial charge in [-0.25, -0.2) is 0 Å². The summed E-state index contributed by atoms with van der Waals surface area (Å²) in [5.41, 5.74) is 10.1. The van der Waals surface area contributed by atoms with Crippen LogP contribution < -0.4 is 14.8 Å². The predicted molar refractivity (Wildman–Crippen MR) is 134 cm³/mol. The predicted octanol–water partition coefficient (Wildman–Crippen LogP) is 7.15. The molecule has 152 valence electrons. The van der Waals surface area contributed by atoms with Crippen LogP contribution in [-0.2, 0) is 6.54 Å². The molecule has 0 saturated carbocycles. The van der Waals surface area contributed by atoms with Crippen LogP contribution in [0.2, 0.25) is 0 Å². The molecule has 4 heteroatoms. The van der Waals surface area contributed by atoms with Gasteiger partial charge in [0.05, 0.1) is 0 Å². The zero-order chi connectivity index (χ0) is 21.2. The third kappa shape index (κ3) is 3.83. The summed E-state index contributed by atoms with van der Waals surface area (Å²) in [6, 6.07) is 35.8. The molecule has 0 bridgehead atoms. The van der Waals surface area contributed by atoms with Crippen LogP contribution in [-0.4, -0.2) is 0 Å². The van der Waals surface area contributed by atoms with Crippen LogP contribution in [0, 0.1) is 0 Å². The molecule has 2 N–H and O–H groups in total. The first-order valence-electron chi connectivity index (χ1n) is 10.2. The van der Waals surface area contributed by atoms with Gasteiger partial charge in [0.1, 0.15) is 5.75 Å². The Bertz CT molecular complexity index is 1300. The first-order valence-corrected chi connectivity index (χ1v) is 10.5. The molecular weight excluding hydrogens is 400 g/mol. The Morgan fingerprint density at radius 2 is 1.16 bits per heavy atom. The second-order valence-corrected chi connectivity index (χ2v) is 7.70. The number of hydrogen-bond donors (Lipinski definition) is 2. The second kappa shape index (κ2) is 8.34. The van der Waals surface area contributed by atoms with Gasteiger partial charge in [0.2, 0.25) is 0 Å². The normalized spacial score (nSPS) is 11.0. The number of anilines is 3. The topological polar surface area (TPSA) is 38.5 Å². The number of benzene rings is 5. The van der Waals surface area contributed by atoms with Gasteiger partial charge in [-0.05, 0) is 87.8 Å². The van der Waals surface area contributed by atoms with Crippen molar-refractivity contribution in [3.8, 4) is 5.75 Å². The van der Waals surface area contributed by atoms with Crippen LogP contribution in [0.25, 0.3) is 21.5 Å². The maximum atomic E-state index is 5.80. The van der Waals surface area contributed by atoms with Gasteiger partial charge in [-0.3, -0.25) is 0 Å². The van der Waals surface area contributed by atoms with Crippen LogP contribution in [0.1, 0.15) is 5.56 Å². The Hall–Kier alpha value is -3.47. The monoisotopic (exact) mass is 422 g/mol. The maximum absolute atomic E-state index is 5.80. The van der Waals surface area contributed by atoms with Crippen LogP contribution in [0.5, 0.6) is 5.75 Å². The van der Waals surface area contributed by atoms with Gasteiger partial charge in [-0.1, -0.05) is 42.5 Å². The minimum absolute atomic E-state index is 0.525. The van der Waals surface area contributed by atoms with Crippen molar-refractivity contribution in [2.24, 2.45) is 5.73 Å². The molecule has 5 aromatic rings. The highest BCUT2D eigenvalue weighted by Gasteiger charge is 2.13. The van der Waals surface area contributed by atoms with Crippen molar-refractivity contribution >= 4 is 51.5 Å². The molecule has 0 saturated heterocycles. The van der Waals surface area contributed by atoms with Crippen LogP contribution in [0.4, 0.5) is 17.1 Å². The van der Waals surface area contributed by atoms with E-state index in [0.717, 1.165) is 22.6 Å². The lowest BCUT2D eigenvalue weighted by Crippen LogP contribution is -2.10. The van der Waals surface area contributed by atoms with Gasteiger partial charge >= 0.3 is 0 Å². The zero-order valence-corrected chi connectivity index (χ0v) is 17.8. The molecule has 0 atom stereocenters. The molecule has 0 fully saturated rings. The fourth-order valence-corrected chi connectivity index (χ4v) is 4.07. The van der Waals surface area contributed by atoms with Gasteiger partial charge in [0, 0.05) is 36.5 Å². The van der Waals surface area contributed by atoms with E-state index < -0.39 is 0 Å². The van der Waals surface area contributed by atoms with E-state index in [2.05, 4.69) is 96.7 Å². The molecule has 3 nitrogen and oxygen atoms in total. The van der Waals surface area contributed by atoms with Crippen molar-refractivity contribution in [3.05, 3.63) is 109 Å². The van der Waals surface area contributed by atoms with Gasteiger partial charge < -0.3 is 14.8 Å². The fraction of sp³-hybridized carbons (Fsp3) is 0.0370. The number of fused-ring (bicyclic) bond motifs is 2. The van der Waals surface area contributed by atoms with Crippen molar-refractivity contribution in [1.82, 2.24) is 0 Å². The molecule has 5 rings (SSSR count). The van der Waals surface area contributed by atoms with E-state index in [1.54, 1.807) is 0 Å². The van der Waals surface area contributed by atoms with Crippen LogP contribution >= 0.6 is 12.9 Å². The third-order valence-electron chi connectivity index (χ3n) is 5.58. The molecule has 0 unspecified atom stereocenters. The van der Waals surface area contributed by atoms with E-state index >= 15 is 0 Å². The largest absolute Gasteiger partial charge is 0.429 e. The van der Waals surface area contributed by atoms with Crippen molar-refractivity contribution in [2.45, 2.75) is 6.54 Å².